The molecule has 4 N–H and O–H groups in total. The summed E-state index contributed by atoms with van der Waals surface area (Å²) in [6, 6.07) is 10.7. The molecule has 104 valence electrons. The molecule has 0 aliphatic rings. The number of nitrogens with two attached hydrogens (primary N) is 1. The molecular formula is C14H13ClIN3O. The van der Waals surface area contributed by atoms with Crippen LogP contribution in [0.3, 0.4) is 0 Å². The molecule has 4 nitrogen and oxygen atoms in total. The number of rotatable bonds is 3. The molecule has 0 aliphatic heterocycles. The summed E-state index contributed by atoms with van der Waals surface area (Å²) < 4.78 is 0.991. The number of halogens is 2. The maximum atomic E-state index is 11.5. The van der Waals surface area contributed by atoms with Crippen molar-refractivity contribution in [2.24, 2.45) is 0 Å². The van der Waals surface area contributed by atoms with Crippen LogP contribution in [0.5, 0.6) is 0 Å². The number of hydrogen-bond donors (Lipinski definition) is 3. The zero-order valence-corrected chi connectivity index (χ0v) is 13.6. The van der Waals surface area contributed by atoms with Crippen LogP contribution in [0.15, 0.2) is 36.4 Å². The minimum Gasteiger partial charge on any atom is -0.397 e. The van der Waals surface area contributed by atoms with Gasteiger partial charge in [-0.1, -0.05) is 11.6 Å². The summed E-state index contributed by atoms with van der Waals surface area (Å²) in [6.07, 6.45) is 0. The van der Waals surface area contributed by atoms with Crippen LogP contribution in [0.4, 0.5) is 17.1 Å². The van der Waals surface area contributed by atoms with Gasteiger partial charge in [-0.2, -0.15) is 0 Å². The molecule has 0 saturated heterocycles. The van der Waals surface area contributed by atoms with Crippen LogP contribution >= 0.6 is 34.2 Å². The van der Waals surface area contributed by atoms with Crippen LogP contribution in [0.25, 0.3) is 0 Å². The van der Waals surface area contributed by atoms with E-state index in [-0.39, 0.29) is 5.91 Å². The first-order valence-electron chi connectivity index (χ1n) is 5.85. The highest BCUT2D eigenvalue weighted by Crippen LogP contribution is 2.28. The molecule has 0 atom stereocenters. The minimum atomic E-state index is -0.163. The van der Waals surface area contributed by atoms with E-state index in [1.54, 1.807) is 31.3 Å². The maximum absolute atomic E-state index is 11.5. The maximum Gasteiger partial charge on any atom is 0.251 e. The van der Waals surface area contributed by atoms with E-state index in [9.17, 15) is 4.79 Å². The lowest BCUT2D eigenvalue weighted by atomic mass is 10.1. The van der Waals surface area contributed by atoms with Gasteiger partial charge in [-0.15, -0.1) is 0 Å². The first-order chi connectivity index (χ1) is 9.51. The van der Waals surface area contributed by atoms with Gasteiger partial charge in [-0.05, 0) is 59.0 Å². The predicted molar refractivity (Wildman–Crippen MR) is 91.7 cm³/mol. The van der Waals surface area contributed by atoms with Gasteiger partial charge >= 0.3 is 0 Å². The lowest BCUT2D eigenvalue weighted by molar-refractivity contribution is 0.0963. The molecule has 0 fully saturated rings. The predicted octanol–water partition coefficient (Wildman–Crippen LogP) is 3.63. The Hall–Kier alpha value is -1.47. The molecule has 2 rings (SSSR count). The summed E-state index contributed by atoms with van der Waals surface area (Å²) >= 11 is 8.12. The Kier molecular flexibility index (Phi) is 4.72. The topological polar surface area (TPSA) is 67.2 Å². The highest BCUT2D eigenvalue weighted by atomic mass is 127. The summed E-state index contributed by atoms with van der Waals surface area (Å²) in [4.78, 5) is 11.5. The van der Waals surface area contributed by atoms with Gasteiger partial charge in [-0.25, -0.2) is 0 Å². The summed E-state index contributed by atoms with van der Waals surface area (Å²) in [7, 11) is 1.58. The fraction of sp³-hybridized carbons (Fsp3) is 0.0714. The van der Waals surface area contributed by atoms with Crippen molar-refractivity contribution in [1.82, 2.24) is 5.32 Å². The second-order valence-electron chi connectivity index (χ2n) is 4.13. The molecule has 2 aromatic rings. The molecule has 6 heteroatoms. The van der Waals surface area contributed by atoms with Crippen molar-refractivity contribution in [3.63, 3.8) is 0 Å². The van der Waals surface area contributed by atoms with Crippen molar-refractivity contribution in [1.29, 1.82) is 0 Å². The molecule has 0 aliphatic carbocycles. The first kappa shape index (κ1) is 14.9. The van der Waals surface area contributed by atoms with Crippen LogP contribution in [0, 0.1) is 3.57 Å². The van der Waals surface area contributed by atoms with Crippen molar-refractivity contribution >= 4 is 57.2 Å². The van der Waals surface area contributed by atoms with Gasteiger partial charge < -0.3 is 16.4 Å². The minimum absolute atomic E-state index is 0.163. The third-order valence-corrected chi connectivity index (χ3v) is 3.87. The van der Waals surface area contributed by atoms with Gasteiger partial charge in [-0.3, -0.25) is 4.79 Å². The van der Waals surface area contributed by atoms with E-state index < -0.39 is 0 Å². The van der Waals surface area contributed by atoms with Crippen molar-refractivity contribution in [3.05, 3.63) is 50.6 Å². The molecule has 0 aromatic heterocycles. The zero-order chi connectivity index (χ0) is 14.7. The van der Waals surface area contributed by atoms with Crippen molar-refractivity contribution in [2.75, 3.05) is 18.1 Å². The molecule has 1 amide bonds. The fourth-order valence-corrected chi connectivity index (χ4v) is 2.70. The third-order valence-electron chi connectivity index (χ3n) is 2.74. The molecule has 2 aromatic carbocycles. The molecule has 0 bridgehead atoms. The Morgan fingerprint density at radius 1 is 1.20 bits per heavy atom. The van der Waals surface area contributed by atoms with Crippen LogP contribution in [0.1, 0.15) is 10.4 Å². The molecule has 0 unspecified atom stereocenters. The summed E-state index contributed by atoms with van der Waals surface area (Å²) in [5.41, 5.74) is 8.67. The average Bonchev–Trinajstić information content (AvgIpc) is 2.42. The molecule has 0 radical (unpaired) electrons. The highest BCUT2D eigenvalue weighted by molar-refractivity contribution is 14.1. The van der Waals surface area contributed by atoms with E-state index in [2.05, 4.69) is 33.2 Å². The van der Waals surface area contributed by atoms with Gasteiger partial charge in [0.15, 0.2) is 0 Å². The summed E-state index contributed by atoms with van der Waals surface area (Å²) in [5.74, 6) is -0.163. The molecule has 0 heterocycles. The SMILES string of the molecule is CNC(=O)c1ccc(Nc2ccc(Cl)cc2I)c(N)c1. The van der Waals surface area contributed by atoms with E-state index in [0.717, 1.165) is 14.9 Å². The number of anilines is 3. The van der Waals surface area contributed by atoms with Gasteiger partial charge in [0.05, 0.1) is 17.1 Å². The number of nitrogen functional groups attached to an aromatic ring is 1. The summed E-state index contributed by atoms with van der Waals surface area (Å²) in [5, 5.41) is 6.47. The number of nitrogens with one attached hydrogen (secondary N) is 2. The van der Waals surface area contributed by atoms with Gasteiger partial charge in [0, 0.05) is 21.2 Å². The number of amides is 1. The van der Waals surface area contributed by atoms with E-state index in [1.807, 2.05) is 12.1 Å². The third kappa shape index (κ3) is 3.34. The molecule has 0 saturated carbocycles. The lowest BCUT2D eigenvalue weighted by Crippen LogP contribution is -2.18. The Balaban J connectivity index is 2.28. The highest BCUT2D eigenvalue weighted by Gasteiger charge is 2.08. The van der Waals surface area contributed by atoms with Crippen LogP contribution in [-0.2, 0) is 0 Å². The van der Waals surface area contributed by atoms with Gasteiger partial charge in [0.25, 0.3) is 5.91 Å². The Labute approximate surface area is 135 Å². The van der Waals surface area contributed by atoms with Crippen LogP contribution in [-0.4, -0.2) is 13.0 Å². The monoisotopic (exact) mass is 401 g/mol. The largest absolute Gasteiger partial charge is 0.397 e. The van der Waals surface area contributed by atoms with Crippen molar-refractivity contribution in [2.45, 2.75) is 0 Å². The lowest BCUT2D eigenvalue weighted by Gasteiger charge is -2.12. The molecule has 0 spiro atoms. The smallest absolute Gasteiger partial charge is 0.251 e. The van der Waals surface area contributed by atoms with Gasteiger partial charge in [0.1, 0.15) is 0 Å². The number of hydrogen-bond acceptors (Lipinski definition) is 3. The number of carbonyl (C=O) groups excluding carboxylic acids is 1. The molecular weight excluding hydrogens is 389 g/mol. The van der Waals surface area contributed by atoms with Gasteiger partial charge in [0.2, 0.25) is 0 Å². The summed E-state index contributed by atoms with van der Waals surface area (Å²) in [6.45, 7) is 0. The fourth-order valence-electron chi connectivity index (χ4n) is 1.70. The van der Waals surface area contributed by atoms with Crippen molar-refractivity contribution in [3.8, 4) is 0 Å². The second kappa shape index (κ2) is 6.32. The van der Waals surface area contributed by atoms with Crippen LogP contribution in [0.2, 0.25) is 5.02 Å². The van der Waals surface area contributed by atoms with E-state index in [0.29, 0.717) is 16.3 Å². The quantitative estimate of drug-likeness (QED) is 0.543. The van der Waals surface area contributed by atoms with E-state index in [1.165, 1.54) is 0 Å². The Bertz CT molecular complexity index is 661. The Morgan fingerprint density at radius 3 is 2.50 bits per heavy atom. The standard InChI is InChI=1S/C14H13ClIN3O/c1-18-14(20)8-2-4-13(11(17)6-8)19-12-5-3-9(15)7-10(12)16/h2-7,19H,17H2,1H3,(H,18,20). The second-order valence-corrected chi connectivity index (χ2v) is 5.73. The Morgan fingerprint density at radius 2 is 1.90 bits per heavy atom. The first-order valence-corrected chi connectivity index (χ1v) is 7.30. The molecule has 20 heavy (non-hydrogen) atoms. The van der Waals surface area contributed by atoms with E-state index >= 15 is 0 Å². The average molecular weight is 402 g/mol. The normalized spacial score (nSPS) is 10.2. The van der Waals surface area contributed by atoms with Crippen LogP contribution < -0.4 is 16.4 Å². The zero-order valence-electron chi connectivity index (χ0n) is 10.7. The van der Waals surface area contributed by atoms with Crippen molar-refractivity contribution < 1.29 is 4.79 Å². The van der Waals surface area contributed by atoms with E-state index in [4.69, 9.17) is 17.3 Å². The number of carbonyl (C=O) groups is 1. The number of benzene rings is 2.